The summed E-state index contributed by atoms with van der Waals surface area (Å²) in [7, 11) is 0. The van der Waals surface area contributed by atoms with Gasteiger partial charge in [0, 0.05) is 22.0 Å². The number of fused-ring (bicyclic) bond motifs is 1. The van der Waals surface area contributed by atoms with Gasteiger partial charge in [-0.1, -0.05) is 35.2 Å². The zero-order valence-electron chi connectivity index (χ0n) is 19.2. The van der Waals surface area contributed by atoms with Gasteiger partial charge < -0.3 is 9.84 Å². The Morgan fingerprint density at radius 1 is 1.28 bits per heavy atom. The number of aliphatic carboxylic acids is 1. The third-order valence-electron chi connectivity index (χ3n) is 6.01. The monoisotopic (exact) mass is 620 g/mol. The molecule has 12 heteroatoms. The van der Waals surface area contributed by atoms with E-state index in [-0.39, 0.29) is 21.7 Å². The average molecular weight is 622 g/mol. The van der Waals surface area contributed by atoms with Gasteiger partial charge in [-0.25, -0.2) is 9.78 Å². The molecule has 188 valence electrons. The van der Waals surface area contributed by atoms with Gasteiger partial charge >= 0.3 is 11.7 Å². The number of halogens is 2. The van der Waals surface area contributed by atoms with E-state index in [0.29, 0.717) is 22.3 Å². The van der Waals surface area contributed by atoms with E-state index in [1.807, 2.05) is 6.07 Å². The highest BCUT2D eigenvalue weighted by Gasteiger charge is 2.25. The lowest BCUT2D eigenvalue weighted by atomic mass is 9.88. The fourth-order valence-electron chi connectivity index (χ4n) is 4.18. The van der Waals surface area contributed by atoms with Gasteiger partial charge in [-0.15, -0.1) is 0 Å². The average Bonchev–Trinajstić information content (AvgIpc) is 2.85. The molecule has 36 heavy (non-hydrogen) atoms. The van der Waals surface area contributed by atoms with Gasteiger partial charge in [-0.05, 0) is 60.0 Å². The number of nitro groups is 1. The highest BCUT2D eigenvalue weighted by Crippen LogP contribution is 2.37. The smallest absolute Gasteiger partial charge is 0.344 e. The number of aromatic nitrogens is 2. The van der Waals surface area contributed by atoms with Gasteiger partial charge in [0.2, 0.25) is 5.75 Å². The summed E-state index contributed by atoms with van der Waals surface area (Å²) in [4.78, 5) is 40.4. The predicted octanol–water partition coefficient (Wildman–Crippen LogP) is 5.61. The van der Waals surface area contributed by atoms with Crippen LogP contribution in [0.15, 0.2) is 49.2 Å². The van der Waals surface area contributed by atoms with Crippen molar-refractivity contribution < 1.29 is 19.6 Å². The number of carbonyl (C=O) groups is 1. The van der Waals surface area contributed by atoms with Crippen LogP contribution >= 0.6 is 31.9 Å². The van der Waals surface area contributed by atoms with E-state index >= 15 is 0 Å². The van der Waals surface area contributed by atoms with Gasteiger partial charge in [-0.2, -0.15) is 9.78 Å². The van der Waals surface area contributed by atoms with E-state index in [1.165, 1.54) is 29.9 Å². The number of ether oxygens (including phenoxy) is 1. The molecule has 4 rings (SSSR count). The van der Waals surface area contributed by atoms with Gasteiger partial charge in [0.15, 0.2) is 6.10 Å². The van der Waals surface area contributed by atoms with Crippen LogP contribution in [0.25, 0.3) is 10.9 Å². The molecular formula is C24H22Br2N4O6. The van der Waals surface area contributed by atoms with Crippen molar-refractivity contribution >= 4 is 60.6 Å². The van der Waals surface area contributed by atoms with E-state index in [2.05, 4.69) is 37.0 Å². The molecular weight excluding hydrogens is 600 g/mol. The molecule has 0 spiro atoms. The number of rotatable bonds is 7. The SMILES string of the molecule is C[C@@H](Oc1c(Br)cc(C=Nn2c(C3CCCCC3)nc3ccc(Br)cc3c2=O)cc1[N+](=O)[O-])C(=O)O. The van der Waals surface area contributed by atoms with E-state index in [1.54, 1.807) is 12.1 Å². The minimum atomic E-state index is -1.29. The third-order valence-corrected chi connectivity index (χ3v) is 7.09. The van der Waals surface area contributed by atoms with E-state index in [4.69, 9.17) is 14.8 Å². The summed E-state index contributed by atoms with van der Waals surface area (Å²) in [5.74, 6) is -0.822. The molecule has 3 aromatic rings. The molecule has 0 amide bonds. The van der Waals surface area contributed by atoms with Crippen molar-refractivity contribution in [3.05, 3.63) is 71.1 Å². The molecule has 1 fully saturated rings. The number of nitro benzene ring substituents is 1. The number of carboxylic acids is 1. The Bertz CT molecular complexity index is 1430. The lowest BCUT2D eigenvalue weighted by molar-refractivity contribution is -0.386. The number of nitrogens with zero attached hydrogens (tertiary/aromatic N) is 4. The molecule has 0 unspecified atom stereocenters. The Hall–Kier alpha value is -3.12. The minimum absolute atomic E-state index is 0.0750. The van der Waals surface area contributed by atoms with E-state index < -0.39 is 22.7 Å². The van der Waals surface area contributed by atoms with Crippen LogP contribution in [0.1, 0.15) is 56.3 Å². The van der Waals surface area contributed by atoms with Crippen LogP contribution in [0, 0.1) is 10.1 Å². The zero-order chi connectivity index (χ0) is 26.0. The highest BCUT2D eigenvalue weighted by molar-refractivity contribution is 9.10. The number of hydrogen-bond donors (Lipinski definition) is 1. The second-order valence-corrected chi connectivity index (χ2v) is 10.3. The van der Waals surface area contributed by atoms with E-state index in [0.717, 1.165) is 36.6 Å². The Labute approximate surface area is 222 Å². The van der Waals surface area contributed by atoms with Crippen LogP contribution in [0.3, 0.4) is 0 Å². The first-order valence-corrected chi connectivity index (χ1v) is 12.9. The first kappa shape index (κ1) is 26.0. The van der Waals surface area contributed by atoms with Crippen molar-refractivity contribution in [2.24, 2.45) is 5.10 Å². The van der Waals surface area contributed by atoms with Crippen molar-refractivity contribution in [2.75, 3.05) is 0 Å². The first-order chi connectivity index (χ1) is 17.2. The molecule has 2 aromatic carbocycles. The highest BCUT2D eigenvalue weighted by atomic mass is 79.9. The quantitative estimate of drug-likeness (QED) is 0.206. The van der Waals surface area contributed by atoms with Crippen LogP contribution in [0.2, 0.25) is 0 Å². The topological polar surface area (TPSA) is 137 Å². The molecule has 1 aliphatic rings. The largest absolute Gasteiger partial charge is 0.479 e. The molecule has 1 aliphatic carbocycles. The second-order valence-electron chi connectivity index (χ2n) is 8.53. The van der Waals surface area contributed by atoms with E-state index in [9.17, 15) is 19.7 Å². The maximum atomic E-state index is 13.4. The summed E-state index contributed by atoms with van der Waals surface area (Å²) in [6.07, 6.45) is 5.07. The van der Waals surface area contributed by atoms with Crippen LogP contribution in [0.4, 0.5) is 5.69 Å². The van der Waals surface area contributed by atoms with Crippen molar-refractivity contribution in [1.29, 1.82) is 0 Å². The number of benzene rings is 2. The van der Waals surface area contributed by atoms with Crippen molar-refractivity contribution in [1.82, 2.24) is 9.66 Å². The van der Waals surface area contributed by atoms with Gasteiger partial charge in [0.25, 0.3) is 5.56 Å². The third kappa shape index (κ3) is 5.49. The van der Waals surface area contributed by atoms with Crippen molar-refractivity contribution in [3.63, 3.8) is 0 Å². The molecule has 10 nitrogen and oxygen atoms in total. The summed E-state index contributed by atoms with van der Waals surface area (Å²) < 4.78 is 7.49. The summed E-state index contributed by atoms with van der Waals surface area (Å²) >= 11 is 6.62. The number of hydrogen-bond acceptors (Lipinski definition) is 7. The first-order valence-electron chi connectivity index (χ1n) is 11.3. The Morgan fingerprint density at radius 3 is 2.67 bits per heavy atom. The maximum Gasteiger partial charge on any atom is 0.344 e. The van der Waals surface area contributed by atoms with Crippen LogP contribution in [-0.2, 0) is 4.79 Å². The number of carboxylic acid groups (broad SMARTS) is 1. The minimum Gasteiger partial charge on any atom is -0.479 e. The van der Waals surface area contributed by atoms with Crippen LogP contribution < -0.4 is 10.3 Å². The van der Waals surface area contributed by atoms with Crippen molar-refractivity contribution in [2.45, 2.75) is 51.0 Å². The van der Waals surface area contributed by atoms with Gasteiger partial charge in [0.1, 0.15) is 5.82 Å². The lowest BCUT2D eigenvalue weighted by Gasteiger charge is -2.22. The zero-order valence-corrected chi connectivity index (χ0v) is 22.4. The Kier molecular flexibility index (Phi) is 7.84. The summed E-state index contributed by atoms with van der Waals surface area (Å²) in [6.45, 7) is 1.28. The molecule has 0 saturated heterocycles. The molecule has 1 saturated carbocycles. The van der Waals surface area contributed by atoms with Crippen LogP contribution in [-0.4, -0.2) is 38.0 Å². The Morgan fingerprint density at radius 2 is 2.00 bits per heavy atom. The predicted molar refractivity (Wildman–Crippen MR) is 141 cm³/mol. The molecule has 1 aromatic heterocycles. The lowest BCUT2D eigenvalue weighted by Crippen LogP contribution is -2.25. The van der Waals surface area contributed by atoms with Gasteiger partial charge in [0.05, 0.1) is 26.5 Å². The van der Waals surface area contributed by atoms with Crippen molar-refractivity contribution in [3.8, 4) is 5.75 Å². The fraction of sp³-hybridized carbons (Fsp3) is 0.333. The maximum absolute atomic E-state index is 13.4. The van der Waals surface area contributed by atoms with Crippen LogP contribution in [0.5, 0.6) is 5.75 Å². The molecule has 0 radical (unpaired) electrons. The van der Waals surface area contributed by atoms with Gasteiger partial charge in [-0.3, -0.25) is 14.9 Å². The fourth-order valence-corrected chi connectivity index (χ4v) is 5.10. The summed E-state index contributed by atoms with van der Waals surface area (Å²) in [6, 6.07) is 8.04. The summed E-state index contributed by atoms with van der Waals surface area (Å²) in [5.41, 5.74) is 0.142. The second kappa shape index (κ2) is 10.9. The molecule has 1 heterocycles. The molecule has 1 N–H and O–H groups in total. The molecule has 0 aliphatic heterocycles. The Balaban J connectivity index is 1.81. The molecule has 0 bridgehead atoms. The summed E-state index contributed by atoms with van der Waals surface area (Å²) in [5, 5.41) is 25.6. The normalized spacial score (nSPS) is 15.3. The standard InChI is InChI=1S/C24H22Br2N4O6/c1-13(24(32)33)36-21-18(26)9-14(10-20(21)30(34)35)12-27-29-22(15-5-3-2-4-6-15)28-19-8-7-16(25)11-17(19)23(29)31/h7-13,15H,2-6H2,1H3,(H,32,33)/t13-/m1/s1. The molecule has 1 atom stereocenters.